The van der Waals surface area contributed by atoms with Crippen LogP contribution in [-0.4, -0.2) is 44.9 Å². The molecule has 2 heterocycles. The first-order valence-corrected chi connectivity index (χ1v) is 6.24. The van der Waals surface area contributed by atoms with Crippen LogP contribution in [0, 0.1) is 6.92 Å². The van der Waals surface area contributed by atoms with Gasteiger partial charge < -0.3 is 10.0 Å². The van der Waals surface area contributed by atoms with Gasteiger partial charge in [-0.15, -0.1) is 0 Å². The van der Waals surface area contributed by atoms with Crippen molar-refractivity contribution in [2.45, 2.75) is 13.0 Å². The molecule has 1 N–H and O–H groups in total. The summed E-state index contributed by atoms with van der Waals surface area (Å²) in [4.78, 5) is 13.8. The molecule has 0 spiro atoms. The lowest BCUT2D eigenvalue weighted by Crippen LogP contribution is -2.53. The fraction of sp³-hybridized carbons (Fsp3) is 0.286. The lowest BCUT2D eigenvalue weighted by Gasteiger charge is -2.35. The number of hydrogen-bond acceptors (Lipinski definition) is 3. The Morgan fingerprint density at radius 2 is 2.00 bits per heavy atom. The highest BCUT2D eigenvalue weighted by atomic mass is 16.3. The maximum absolute atomic E-state index is 12.2. The first kappa shape index (κ1) is 11.9. The number of para-hydroxylation sites is 1. The van der Waals surface area contributed by atoms with Crippen LogP contribution in [0.25, 0.3) is 5.69 Å². The predicted molar refractivity (Wildman–Crippen MR) is 70.2 cm³/mol. The van der Waals surface area contributed by atoms with Gasteiger partial charge in [-0.25, -0.2) is 4.68 Å². The van der Waals surface area contributed by atoms with Crippen LogP contribution >= 0.6 is 0 Å². The van der Waals surface area contributed by atoms with E-state index in [9.17, 15) is 9.90 Å². The Labute approximate surface area is 111 Å². The standard InChI is InChI=1S/C14H15N3O2/c1-10-13(14(19)16-8-12(18)9-16)7-15-17(10)11-5-3-2-4-6-11/h2-7,12,18H,8-9H2,1H3. The lowest BCUT2D eigenvalue weighted by molar-refractivity contribution is 0.00584. The van der Waals surface area contributed by atoms with Crippen molar-refractivity contribution >= 4 is 5.91 Å². The number of likely N-dealkylation sites (tertiary alicyclic amines) is 1. The largest absolute Gasteiger partial charge is 0.389 e. The number of benzene rings is 1. The summed E-state index contributed by atoms with van der Waals surface area (Å²) in [5.74, 6) is -0.0648. The van der Waals surface area contributed by atoms with Gasteiger partial charge in [0.25, 0.3) is 5.91 Å². The molecule has 0 aliphatic carbocycles. The van der Waals surface area contributed by atoms with Gasteiger partial charge in [0, 0.05) is 13.1 Å². The van der Waals surface area contributed by atoms with Gasteiger partial charge in [0.15, 0.2) is 0 Å². The summed E-state index contributed by atoms with van der Waals surface area (Å²) in [5, 5.41) is 13.5. The summed E-state index contributed by atoms with van der Waals surface area (Å²) in [6.45, 7) is 2.70. The van der Waals surface area contributed by atoms with Crippen molar-refractivity contribution in [3.8, 4) is 5.69 Å². The average molecular weight is 257 g/mol. The third-order valence-electron chi connectivity index (χ3n) is 3.39. The first-order chi connectivity index (χ1) is 9.16. The van der Waals surface area contributed by atoms with Crippen molar-refractivity contribution in [3.05, 3.63) is 47.8 Å². The minimum absolute atomic E-state index is 0.0648. The van der Waals surface area contributed by atoms with E-state index in [-0.39, 0.29) is 12.0 Å². The molecule has 0 saturated carbocycles. The molecule has 1 aromatic heterocycles. The molecule has 0 unspecified atom stereocenters. The Hall–Kier alpha value is -2.14. The number of nitrogens with zero attached hydrogens (tertiary/aromatic N) is 3. The highest BCUT2D eigenvalue weighted by Crippen LogP contribution is 2.18. The highest BCUT2D eigenvalue weighted by Gasteiger charge is 2.31. The van der Waals surface area contributed by atoms with Gasteiger partial charge in [-0.05, 0) is 19.1 Å². The van der Waals surface area contributed by atoms with Crippen LogP contribution < -0.4 is 0 Å². The van der Waals surface area contributed by atoms with Gasteiger partial charge in [-0.2, -0.15) is 5.10 Å². The van der Waals surface area contributed by atoms with Crippen LogP contribution in [0.3, 0.4) is 0 Å². The first-order valence-electron chi connectivity index (χ1n) is 6.24. The molecule has 5 heteroatoms. The summed E-state index contributed by atoms with van der Waals surface area (Å²) in [7, 11) is 0. The van der Waals surface area contributed by atoms with Gasteiger partial charge in [-0.1, -0.05) is 18.2 Å². The Kier molecular flexibility index (Phi) is 2.83. The van der Waals surface area contributed by atoms with E-state index >= 15 is 0 Å². The predicted octanol–water partition coefficient (Wildman–Crippen LogP) is 0.997. The van der Waals surface area contributed by atoms with Crippen LogP contribution in [0.4, 0.5) is 0 Å². The molecule has 19 heavy (non-hydrogen) atoms. The summed E-state index contributed by atoms with van der Waals surface area (Å²) in [5.41, 5.74) is 2.34. The monoisotopic (exact) mass is 257 g/mol. The van der Waals surface area contributed by atoms with E-state index < -0.39 is 0 Å². The minimum atomic E-state index is -0.381. The van der Waals surface area contributed by atoms with E-state index in [4.69, 9.17) is 0 Å². The van der Waals surface area contributed by atoms with Gasteiger partial charge in [0.05, 0.1) is 29.2 Å². The topological polar surface area (TPSA) is 58.4 Å². The molecule has 1 aromatic carbocycles. The van der Waals surface area contributed by atoms with Gasteiger partial charge in [0.1, 0.15) is 0 Å². The third-order valence-corrected chi connectivity index (χ3v) is 3.39. The molecule has 98 valence electrons. The molecule has 5 nitrogen and oxygen atoms in total. The van der Waals surface area contributed by atoms with E-state index in [0.717, 1.165) is 11.4 Å². The molecule has 2 aromatic rings. The molecular formula is C14H15N3O2. The Morgan fingerprint density at radius 1 is 1.32 bits per heavy atom. The number of carbonyl (C=O) groups excluding carboxylic acids is 1. The van der Waals surface area contributed by atoms with Crippen LogP contribution in [-0.2, 0) is 0 Å². The summed E-state index contributed by atoms with van der Waals surface area (Å²) in [6.07, 6.45) is 1.21. The molecule has 0 radical (unpaired) electrons. The van der Waals surface area contributed by atoms with Gasteiger partial charge >= 0.3 is 0 Å². The van der Waals surface area contributed by atoms with Gasteiger partial charge in [-0.3, -0.25) is 4.79 Å². The molecule has 0 atom stereocenters. The second-order valence-electron chi connectivity index (χ2n) is 4.75. The van der Waals surface area contributed by atoms with Crippen molar-refractivity contribution in [3.63, 3.8) is 0 Å². The lowest BCUT2D eigenvalue weighted by atomic mass is 10.1. The molecule has 1 amide bonds. The number of hydrogen-bond donors (Lipinski definition) is 1. The molecule has 1 fully saturated rings. The normalized spacial score (nSPS) is 15.4. The van der Waals surface area contributed by atoms with Crippen LogP contribution in [0.15, 0.2) is 36.5 Å². The number of β-amino-alcohol motifs (C(OH)–C–C–N with tert-alkyl or cyclic N) is 1. The van der Waals surface area contributed by atoms with Crippen molar-refractivity contribution in [1.29, 1.82) is 0 Å². The minimum Gasteiger partial charge on any atom is -0.389 e. The number of aromatic nitrogens is 2. The summed E-state index contributed by atoms with van der Waals surface area (Å²) >= 11 is 0. The van der Waals surface area contributed by atoms with E-state index in [2.05, 4.69) is 5.10 Å². The van der Waals surface area contributed by atoms with Crippen molar-refractivity contribution in [2.24, 2.45) is 0 Å². The zero-order valence-electron chi connectivity index (χ0n) is 10.7. The molecule has 1 aliphatic rings. The number of rotatable bonds is 2. The van der Waals surface area contributed by atoms with Crippen LogP contribution in [0.2, 0.25) is 0 Å². The van der Waals surface area contributed by atoms with E-state index in [0.29, 0.717) is 18.7 Å². The van der Waals surface area contributed by atoms with Crippen LogP contribution in [0.1, 0.15) is 16.1 Å². The van der Waals surface area contributed by atoms with E-state index in [1.807, 2.05) is 37.3 Å². The van der Waals surface area contributed by atoms with Crippen molar-refractivity contribution < 1.29 is 9.90 Å². The zero-order valence-corrected chi connectivity index (χ0v) is 10.7. The summed E-state index contributed by atoms with van der Waals surface area (Å²) < 4.78 is 1.75. The maximum Gasteiger partial charge on any atom is 0.257 e. The Morgan fingerprint density at radius 3 is 2.63 bits per heavy atom. The van der Waals surface area contributed by atoms with Crippen molar-refractivity contribution in [2.75, 3.05) is 13.1 Å². The maximum atomic E-state index is 12.2. The quantitative estimate of drug-likeness (QED) is 0.873. The highest BCUT2D eigenvalue weighted by molar-refractivity contribution is 5.95. The van der Waals surface area contributed by atoms with E-state index in [1.54, 1.807) is 15.8 Å². The SMILES string of the molecule is Cc1c(C(=O)N2CC(O)C2)cnn1-c1ccccc1. The van der Waals surface area contributed by atoms with Gasteiger partial charge in [0.2, 0.25) is 0 Å². The summed E-state index contributed by atoms with van der Waals surface area (Å²) in [6, 6.07) is 9.70. The fourth-order valence-corrected chi connectivity index (χ4v) is 2.24. The van der Waals surface area contributed by atoms with E-state index in [1.165, 1.54) is 0 Å². The fourth-order valence-electron chi connectivity index (χ4n) is 2.24. The average Bonchev–Trinajstić information content (AvgIpc) is 2.77. The molecule has 0 bridgehead atoms. The van der Waals surface area contributed by atoms with Crippen molar-refractivity contribution in [1.82, 2.24) is 14.7 Å². The second-order valence-corrected chi connectivity index (χ2v) is 4.75. The van der Waals surface area contributed by atoms with Crippen LogP contribution in [0.5, 0.6) is 0 Å². The molecule has 1 aliphatic heterocycles. The number of aliphatic hydroxyl groups excluding tert-OH is 1. The smallest absolute Gasteiger partial charge is 0.257 e. The number of aliphatic hydroxyl groups is 1. The number of amides is 1. The second kappa shape index (κ2) is 4.51. The number of carbonyl (C=O) groups is 1. The molecular weight excluding hydrogens is 242 g/mol. The Bertz CT molecular complexity index is 600. The third kappa shape index (κ3) is 2.02. The Balaban J connectivity index is 1.89. The molecule has 1 saturated heterocycles. The molecule has 3 rings (SSSR count). The zero-order chi connectivity index (χ0) is 13.4.